The fourth-order valence-corrected chi connectivity index (χ4v) is 3.50. The molecule has 0 N–H and O–H groups in total. The molecule has 0 heterocycles. The molecule has 0 radical (unpaired) electrons. The van der Waals surface area contributed by atoms with E-state index in [0.29, 0.717) is 0 Å². The van der Waals surface area contributed by atoms with Crippen molar-refractivity contribution in [1.82, 2.24) is 0 Å². The lowest BCUT2D eigenvalue weighted by Crippen LogP contribution is -2.45. The van der Waals surface area contributed by atoms with Crippen molar-refractivity contribution in [2.45, 2.75) is 57.8 Å². The first-order valence-electron chi connectivity index (χ1n) is 6.54. The molecule has 4 nitrogen and oxygen atoms in total. The van der Waals surface area contributed by atoms with Crippen molar-refractivity contribution < 1.29 is 18.8 Å². The van der Waals surface area contributed by atoms with Crippen molar-refractivity contribution in [2.24, 2.45) is 0 Å². The lowest BCUT2D eigenvalue weighted by atomic mass is 10.1. The van der Waals surface area contributed by atoms with E-state index in [2.05, 4.69) is 42.8 Å². The lowest BCUT2D eigenvalue weighted by Gasteiger charge is -2.39. The molecule has 0 aromatic rings. The van der Waals surface area contributed by atoms with Gasteiger partial charge in [0.15, 0.2) is 14.1 Å². The Morgan fingerprint density at radius 1 is 1.30 bits per heavy atom. The summed E-state index contributed by atoms with van der Waals surface area (Å²) in [6.45, 7) is 10.6. The number of Topliss-reactive ketones (excluding diaryl/α,β-unsaturated/α-hetero) is 1. The third kappa shape index (κ3) is 7.08. The first-order valence-corrected chi connectivity index (χ1v) is 12.0. The zero-order valence-corrected chi connectivity index (χ0v) is 16.3. The van der Waals surface area contributed by atoms with Gasteiger partial charge in [0.2, 0.25) is 0 Å². The van der Waals surface area contributed by atoms with Crippen LogP contribution in [-0.4, -0.2) is 39.1 Å². The number of methoxy groups -OCH3 is 1. The molecule has 0 aliphatic rings. The van der Waals surface area contributed by atoms with Gasteiger partial charge < -0.3 is 9.16 Å². The van der Waals surface area contributed by atoms with Gasteiger partial charge in [0.25, 0.3) is 0 Å². The average Bonchev–Trinajstić information content (AvgIpc) is 2.26. The van der Waals surface area contributed by atoms with E-state index < -0.39 is 14.4 Å². The van der Waals surface area contributed by atoms with E-state index in [1.54, 1.807) is 5.80 Å². The van der Waals surface area contributed by atoms with E-state index in [-0.39, 0.29) is 29.6 Å². The summed E-state index contributed by atoms with van der Waals surface area (Å²) in [5.74, 6) is 1.23. The zero-order valence-electron chi connectivity index (χ0n) is 13.2. The second kappa shape index (κ2) is 8.38. The van der Waals surface area contributed by atoms with Crippen LogP contribution in [0.2, 0.25) is 18.1 Å². The van der Waals surface area contributed by atoms with Crippen LogP contribution in [0.3, 0.4) is 0 Å². The van der Waals surface area contributed by atoms with E-state index >= 15 is 0 Å². The fourth-order valence-electron chi connectivity index (χ4n) is 1.38. The highest BCUT2D eigenvalue weighted by molar-refractivity contribution is 8.02. The van der Waals surface area contributed by atoms with Crippen molar-refractivity contribution >= 4 is 42.7 Å². The highest BCUT2D eigenvalue weighted by Gasteiger charge is 2.39. The molecular formula is C13H26O4P2Si. The van der Waals surface area contributed by atoms with E-state index in [0.717, 1.165) is 7.89 Å². The molecule has 0 saturated heterocycles. The number of ether oxygens (including phenoxy) is 1. The SMILES string of the molecule is COC(=O)C[C@H](CC(=O)C=PP)O[Si](C)(C)C(C)(C)C. The number of esters is 1. The zero-order chi connectivity index (χ0) is 16.0. The molecule has 0 aromatic carbocycles. The van der Waals surface area contributed by atoms with Crippen molar-refractivity contribution in [3.05, 3.63) is 0 Å². The van der Waals surface area contributed by atoms with E-state index in [1.807, 2.05) is 0 Å². The van der Waals surface area contributed by atoms with Crippen LogP contribution in [0, 0.1) is 0 Å². The molecule has 2 atom stereocenters. The summed E-state index contributed by atoms with van der Waals surface area (Å²) >= 11 is 0. The van der Waals surface area contributed by atoms with E-state index in [9.17, 15) is 9.59 Å². The summed E-state index contributed by atoms with van der Waals surface area (Å²) < 4.78 is 10.9. The Morgan fingerprint density at radius 2 is 1.85 bits per heavy atom. The van der Waals surface area contributed by atoms with Gasteiger partial charge in [-0.05, 0) is 18.1 Å². The number of ketones is 1. The molecule has 0 spiro atoms. The maximum Gasteiger partial charge on any atom is 0.308 e. The van der Waals surface area contributed by atoms with Gasteiger partial charge in [-0.15, -0.1) is 0 Å². The highest BCUT2D eigenvalue weighted by atomic mass is 32.0. The Morgan fingerprint density at radius 3 is 2.25 bits per heavy atom. The molecule has 0 saturated carbocycles. The Hall–Kier alpha value is -0.0831. The average molecular weight is 336 g/mol. The smallest absolute Gasteiger partial charge is 0.308 e. The fraction of sp³-hybridized carbons (Fsp3) is 0.769. The van der Waals surface area contributed by atoms with Gasteiger partial charge in [0.05, 0.1) is 19.6 Å². The topological polar surface area (TPSA) is 52.6 Å². The van der Waals surface area contributed by atoms with Gasteiger partial charge in [0, 0.05) is 12.2 Å². The van der Waals surface area contributed by atoms with Crippen LogP contribution in [-0.2, 0) is 18.8 Å². The Bertz CT molecular complexity index is 375. The molecule has 0 amide bonds. The minimum absolute atomic E-state index is 0.00530. The summed E-state index contributed by atoms with van der Waals surface area (Å²) in [5.41, 5.74) is 0. The maximum absolute atomic E-state index is 11.8. The molecule has 0 aliphatic heterocycles. The summed E-state index contributed by atoms with van der Waals surface area (Å²) in [4.78, 5) is 23.2. The van der Waals surface area contributed by atoms with Gasteiger partial charge in [-0.2, -0.15) is 0 Å². The molecule has 0 aromatic heterocycles. The quantitative estimate of drug-likeness (QED) is 0.406. The standard InChI is InChI=1S/C13H26O4P2Si/c1-13(2,3)20(5,6)17-11(8-12(15)16-4)7-10(14)9-19-18/h9,11H,7-8,18H2,1-6H3/t11-/m0/s1. The summed E-state index contributed by atoms with van der Waals surface area (Å²) in [5, 5.41) is 0.0347. The van der Waals surface area contributed by atoms with E-state index in [1.165, 1.54) is 7.11 Å². The minimum Gasteiger partial charge on any atom is -0.469 e. The Balaban J connectivity index is 4.94. The van der Waals surface area contributed by atoms with Gasteiger partial charge >= 0.3 is 5.97 Å². The van der Waals surface area contributed by atoms with Crippen LogP contribution in [0.4, 0.5) is 0 Å². The number of hydrogen-bond acceptors (Lipinski definition) is 4. The van der Waals surface area contributed by atoms with Crippen LogP contribution < -0.4 is 0 Å². The Kier molecular flexibility index (Phi) is 8.35. The molecule has 1 unspecified atom stereocenters. The molecule has 0 aliphatic carbocycles. The summed E-state index contributed by atoms with van der Waals surface area (Å²) in [7, 11) is 2.63. The van der Waals surface area contributed by atoms with Crippen LogP contribution >= 0.6 is 16.8 Å². The van der Waals surface area contributed by atoms with Crippen LogP contribution in [0.25, 0.3) is 0 Å². The van der Waals surface area contributed by atoms with Crippen LogP contribution in [0.15, 0.2) is 0 Å². The third-order valence-corrected chi connectivity index (χ3v) is 8.96. The number of carbonyl (C=O) groups excluding carboxylic acids is 2. The van der Waals surface area contributed by atoms with Crippen LogP contribution in [0.1, 0.15) is 33.6 Å². The number of carbonyl (C=O) groups is 2. The monoisotopic (exact) mass is 336 g/mol. The van der Waals surface area contributed by atoms with Crippen LogP contribution in [0.5, 0.6) is 0 Å². The normalized spacial score (nSPS) is 14.3. The molecule has 116 valence electrons. The predicted octanol–water partition coefficient (Wildman–Crippen LogP) is 3.44. The summed E-state index contributed by atoms with van der Waals surface area (Å²) in [6.07, 6.45) is -0.0573. The minimum atomic E-state index is -2.02. The summed E-state index contributed by atoms with van der Waals surface area (Å²) in [6, 6.07) is 0. The Labute approximate surface area is 127 Å². The molecule has 0 rings (SSSR count). The maximum atomic E-state index is 11.8. The third-order valence-electron chi connectivity index (χ3n) is 3.54. The molecule has 20 heavy (non-hydrogen) atoms. The van der Waals surface area contributed by atoms with Gasteiger partial charge in [0.1, 0.15) is 0 Å². The number of rotatable bonds is 7. The van der Waals surface area contributed by atoms with Gasteiger partial charge in [-0.25, -0.2) is 0 Å². The predicted molar refractivity (Wildman–Crippen MR) is 91.0 cm³/mol. The lowest BCUT2D eigenvalue weighted by molar-refractivity contribution is -0.142. The van der Waals surface area contributed by atoms with Crippen molar-refractivity contribution in [3.63, 3.8) is 0 Å². The second-order valence-corrected chi connectivity index (χ2v) is 12.4. The molecule has 0 bridgehead atoms. The van der Waals surface area contributed by atoms with Crippen molar-refractivity contribution in [3.8, 4) is 0 Å². The molecule has 0 fully saturated rings. The van der Waals surface area contributed by atoms with Crippen molar-refractivity contribution in [1.29, 1.82) is 0 Å². The first-order chi connectivity index (χ1) is 9.03. The van der Waals surface area contributed by atoms with Crippen molar-refractivity contribution in [2.75, 3.05) is 7.11 Å². The van der Waals surface area contributed by atoms with Gasteiger partial charge in [-0.3, -0.25) is 9.59 Å². The van der Waals surface area contributed by atoms with Gasteiger partial charge in [-0.1, -0.05) is 37.6 Å². The molecular weight excluding hydrogens is 310 g/mol. The van der Waals surface area contributed by atoms with E-state index in [4.69, 9.17) is 9.16 Å². The largest absolute Gasteiger partial charge is 0.469 e. The number of hydrogen-bond donors (Lipinski definition) is 0. The molecule has 7 heteroatoms. The highest BCUT2D eigenvalue weighted by Crippen LogP contribution is 2.38. The second-order valence-electron chi connectivity index (χ2n) is 6.23. The first kappa shape index (κ1) is 19.9.